The fourth-order valence-corrected chi connectivity index (χ4v) is 1.51. The van der Waals surface area contributed by atoms with Crippen molar-refractivity contribution in [1.82, 2.24) is 4.90 Å². The lowest BCUT2D eigenvalue weighted by atomic mass is 10.0. The molecule has 1 fully saturated rings. The minimum Gasteiger partial charge on any atom is -0.408 e. The molecule has 2 unspecified atom stereocenters. The van der Waals surface area contributed by atoms with Gasteiger partial charge in [0.05, 0.1) is 6.10 Å². The number of nitrogens with two attached hydrogens (primary N) is 1. The van der Waals surface area contributed by atoms with Crippen molar-refractivity contribution < 1.29 is 10.3 Å². The maximum atomic E-state index is 9.47. The van der Waals surface area contributed by atoms with Crippen LogP contribution in [0.2, 0.25) is 0 Å². The minimum atomic E-state index is -0.352. The van der Waals surface area contributed by atoms with Crippen LogP contribution in [0.15, 0.2) is 5.16 Å². The van der Waals surface area contributed by atoms with E-state index >= 15 is 0 Å². The van der Waals surface area contributed by atoms with Gasteiger partial charge < -0.3 is 20.9 Å². The van der Waals surface area contributed by atoms with E-state index in [1.807, 2.05) is 6.92 Å². The van der Waals surface area contributed by atoms with Gasteiger partial charge in [0.25, 0.3) is 0 Å². The van der Waals surface area contributed by atoms with Crippen LogP contribution in [-0.4, -0.2) is 40.4 Å². The molecule has 1 aliphatic heterocycles. The third-order valence-corrected chi connectivity index (χ3v) is 2.36. The summed E-state index contributed by atoms with van der Waals surface area (Å²) < 4.78 is 0. The van der Waals surface area contributed by atoms with Crippen LogP contribution in [0, 0.1) is 5.92 Å². The molecule has 0 aromatic heterocycles. The fraction of sp³-hybridized carbons (Fsp3) is 0.857. The van der Waals surface area contributed by atoms with Crippen molar-refractivity contribution in [3.63, 3.8) is 0 Å². The number of likely N-dealkylation sites (tertiary alicyclic amines) is 1. The summed E-state index contributed by atoms with van der Waals surface area (Å²) in [6.07, 6.45) is 0.561. The molecule has 70 valence electrons. The van der Waals surface area contributed by atoms with Gasteiger partial charge in [0.2, 0.25) is 5.96 Å². The first kappa shape index (κ1) is 9.12. The molecule has 0 bridgehead atoms. The quantitative estimate of drug-likeness (QED) is 0.214. The Hall–Kier alpha value is -0.970. The normalized spacial score (nSPS) is 31.2. The van der Waals surface area contributed by atoms with Crippen molar-refractivity contribution in [3.8, 4) is 0 Å². The standard InChI is InChI=1S/C7H15N3O2/c1-2-5-3-10(4-6(5)11)7(8)9-12/h5-6,11-12H,2-4H2,1H3,(H2,8,9). The van der Waals surface area contributed by atoms with Gasteiger partial charge in [-0.05, 0) is 6.42 Å². The number of hydrogen-bond donors (Lipinski definition) is 3. The van der Waals surface area contributed by atoms with Crippen molar-refractivity contribution >= 4 is 5.96 Å². The van der Waals surface area contributed by atoms with E-state index < -0.39 is 0 Å². The molecule has 5 heteroatoms. The zero-order valence-electron chi connectivity index (χ0n) is 7.14. The van der Waals surface area contributed by atoms with E-state index in [9.17, 15) is 5.11 Å². The molecule has 12 heavy (non-hydrogen) atoms. The van der Waals surface area contributed by atoms with Crippen LogP contribution in [-0.2, 0) is 0 Å². The second-order valence-corrected chi connectivity index (χ2v) is 3.10. The van der Waals surface area contributed by atoms with Gasteiger partial charge in [0.15, 0.2) is 0 Å². The van der Waals surface area contributed by atoms with Gasteiger partial charge in [0, 0.05) is 19.0 Å². The molecule has 0 spiro atoms. The first-order valence-corrected chi connectivity index (χ1v) is 4.09. The van der Waals surface area contributed by atoms with Crippen molar-refractivity contribution in [3.05, 3.63) is 0 Å². The molecule has 0 radical (unpaired) electrons. The molecule has 4 N–H and O–H groups in total. The average Bonchev–Trinajstić information content (AvgIpc) is 2.45. The molecule has 0 aromatic carbocycles. The monoisotopic (exact) mass is 173 g/mol. The number of hydrogen-bond acceptors (Lipinski definition) is 3. The minimum absolute atomic E-state index is 0.0880. The molecule has 1 rings (SSSR count). The summed E-state index contributed by atoms with van der Waals surface area (Å²) in [5.41, 5.74) is 5.37. The van der Waals surface area contributed by atoms with Gasteiger partial charge in [-0.3, -0.25) is 0 Å². The number of guanidine groups is 1. The van der Waals surface area contributed by atoms with Crippen LogP contribution < -0.4 is 5.73 Å². The fourth-order valence-electron chi connectivity index (χ4n) is 1.51. The molecule has 0 aliphatic carbocycles. The first-order valence-electron chi connectivity index (χ1n) is 4.09. The number of aliphatic hydroxyl groups excluding tert-OH is 1. The molecule has 1 heterocycles. The van der Waals surface area contributed by atoms with Gasteiger partial charge in [0.1, 0.15) is 0 Å². The Bertz CT molecular complexity index is 183. The summed E-state index contributed by atoms with van der Waals surface area (Å²) >= 11 is 0. The predicted octanol–water partition coefficient (Wildman–Crippen LogP) is -0.607. The highest BCUT2D eigenvalue weighted by Gasteiger charge is 2.30. The zero-order chi connectivity index (χ0) is 9.14. The average molecular weight is 173 g/mol. The first-order chi connectivity index (χ1) is 5.69. The highest BCUT2D eigenvalue weighted by Crippen LogP contribution is 2.19. The van der Waals surface area contributed by atoms with Crippen molar-refractivity contribution in [2.24, 2.45) is 16.8 Å². The van der Waals surface area contributed by atoms with E-state index in [1.165, 1.54) is 0 Å². The topological polar surface area (TPSA) is 82.1 Å². The van der Waals surface area contributed by atoms with Crippen molar-refractivity contribution in [2.75, 3.05) is 13.1 Å². The van der Waals surface area contributed by atoms with Crippen LogP contribution in [0.25, 0.3) is 0 Å². The van der Waals surface area contributed by atoms with Gasteiger partial charge in [-0.15, -0.1) is 0 Å². The second kappa shape index (κ2) is 3.62. The summed E-state index contributed by atoms with van der Waals surface area (Å²) in [5, 5.41) is 20.7. The van der Waals surface area contributed by atoms with E-state index in [0.717, 1.165) is 6.42 Å². The summed E-state index contributed by atoms with van der Waals surface area (Å²) in [6.45, 7) is 3.16. The van der Waals surface area contributed by atoms with Crippen LogP contribution in [0.5, 0.6) is 0 Å². The zero-order valence-corrected chi connectivity index (χ0v) is 7.14. The lowest BCUT2D eigenvalue weighted by molar-refractivity contribution is 0.143. The van der Waals surface area contributed by atoms with Gasteiger partial charge in [-0.1, -0.05) is 12.1 Å². The number of oxime groups is 1. The molecular weight excluding hydrogens is 158 g/mol. The van der Waals surface area contributed by atoms with E-state index in [0.29, 0.717) is 13.1 Å². The molecule has 0 amide bonds. The van der Waals surface area contributed by atoms with Crippen molar-refractivity contribution in [1.29, 1.82) is 0 Å². The van der Waals surface area contributed by atoms with Crippen LogP contribution in [0.1, 0.15) is 13.3 Å². The predicted molar refractivity (Wildman–Crippen MR) is 44.8 cm³/mol. The molecule has 0 aromatic rings. The highest BCUT2D eigenvalue weighted by molar-refractivity contribution is 5.77. The SMILES string of the molecule is CCC1CN(/C(N)=N/O)CC1O. The molecular formula is C7H15N3O2. The van der Waals surface area contributed by atoms with E-state index in [-0.39, 0.29) is 18.0 Å². The van der Waals surface area contributed by atoms with Crippen LogP contribution in [0.4, 0.5) is 0 Å². The number of rotatable bonds is 1. The number of nitrogens with zero attached hydrogens (tertiary/aromatic N) is 2. The van der Waals surface area contributed by atoms with Crippen LogP contribution in [0.3, 0.4) is 0 Å². The highest BCUT2D eigenvalue weighted by atomic mass is 16.4. The Morgan fingerprint density at radius 2 is 2.33 bits per heavy atom. The third kappa shape index (κ3) is 1.61. The molecule has 1 aliphatic rings. The Morgan fingerprint density at radius 1 is 1.67 bits per heavy atom. The molecule has 1 saturated heterocycles. The lowest BCUT2D eigenvalue weighted by Crippen LogP contribution is -2.36. The maximum absolute atomic E-state index is 9.47. The largest absolute Gasteiger partial charge is 0.408 e. The van der Waals surface area contributed by atoms with E-state index in [2.05, 4.69) is 5.16 Å². The molecule has 5 nitrogen and oxygen atoms in total. The third-order valence-electron chi connectivity index (χ3n) is 2.36. The maximum Gasteiger partial charge on any atom is 0.233 e. The second-order valence-electron chi connectivity index (χ2n) is 3.10. The summed E-state index contributed by atoms with van der Waals surface area (Å²) in [5.74, 6) is 0.329. The van der Waals surface area contributed by atoms with Gasteiger partial charge in [-0.25, -0.2) is 0 Å². The number of aliphatic hydroxyl groups is 1. The Kier molecular flexibility index (Phi) is 2.75. The van der Waals surface area contributed by atoms with E-state index in [4.69, 9.17) is 10.9 Å². The Morgan fingerprint density at radius 3 is 2.75 bits per heavy atom. The Labute approximate surface area is 71.5 Å². The molecule has 2 atom stereocenters. The lowest BCUT2D eigenvalue weighted by Gasteiger charge is -2.14. The Balaban J connectivity index is 2.54. The summed E-state index contributed by atoms with van der Waals surface area (Å²) in [4.78, 5) is 1.68. The van der Waals surface area contributed by atoms with Gasteiger partial charge in [-0.2, -0.15) is 0 Å². The van der Waals surface area contributed by atoms with Gasteiger partial charge >= 0.3 is 0 Å². The van der Waals surface area contributed by atoms with E-state index in [1.54, 1.807) is 4.90 Å². The van der Waals surface area contributed by atoms with Crippen molar-refractivity contribution in [2.45, 2.75) is 19.4 Å². The van der Waals surface area contributed by atoms with Crippen LogP contribution >= 0.6 is 0 Å². The number of β-amino-alcohol motifs (C(OH)–C–C–N with tert-alkyl or cyclic N) is 1. The smallest absolute Gasteiger partial charge is 0.233 e. The molecule has 0 saturated carbocycles. The summed E-state index contributed by atoms with van der Waals surface area (Å²) in [6, 6.07) is 0. The summed E-state index contributed by atoms with van der Waals surface area (Å²) in [7, 11) is 0.